The molecule has 1 aliphatic carbocycles. The van der Waals surface area contributed by atoms with E-state index in [0.717, 1.165) is 25.7 Å². The predicted octanol–water partition coefficient (Wildman–Crippen LogP) is 3.31. The minimum atomic E-state index is -0.319. The van der Waals surface area contributed by atoms with E-state index in [2.05, 4.69) is 5.32 Å². The third-order valence-corrected chi connectivity index (χ3v) is 4.18. The quantitative estimate of drug-likeness (QED) is 0.741. The Morgan fingerprint density at radius 1 is 1.05 bits per heavy atom. The molecule has 0 radical (unpaired) electrons. The molecule has 2 aromatic carbocycles. The van der Waals surface area contributed by atoms with E-state index < -0.39 is 0 Å². The molecule has 3 N–H and O–H groups in total. The van der Waals surface area contributed by atoms with Gasteiger partial charge in [-0.3, -0.25) is 4.79 Å². The van der Waals surface area contributed by atoms with Crippen molar-refractivity contribution < 1.29 is 15.0 Å². The summed E-state index contributed by atoms with van der Waals surface area (Å²) in [5.74, 6) is -0.380. The highest BCUT2D eigenvalue weighted by Gasteiger charge is 2.21. The lowest BCUT2D eigenvalue weighted by Gasteiger charge is -2.23. The van der Waals surface area contributed by atoms with Crippen molar-refractivity contribution in [3.63, 3.8) is 0 Å². The van der Waals surface area contributed by atoms with E-state index in [1.165, 1.54) is 12.5 Å². The molecule has 1 fully saturated rings. The first kappa shape index (κ1) is 13.7. The molecule has 110 valence electrons. The average Bonchev–Trinajstić information content (AvgIpc) is 2.52. The summed E-state index contributed by atoms with van der Waals surface area (Å²) in [4.78, 5) is 12.3. The van der Waals surface area contributed by atoms with Gasteiger partial charge in [-0.25, -0.2) is 0 Å². The second kappa shape index (κ2) is 5.64. The van der Waals surface area contributed by atoms with Crippen molar-refractivity contribution in [2.45, 2.75) is 38.1 Å². The van der Waals surface area contributed by atoms with E-state index in [4.69, 9.17) is 0 Å². The number of rotatable bonds is 2. The van der Waals surface area contributed by atoms with E-state index in [-0.39, 0.29) is 29.0 Å². The fourth-order valence-electron chi connectivity index (χ4n) is 3.02. The van der Waals surface area contributed by atoms with Gasteiger partial charge in [0.1, 0.15) is 11.5 Å². The van der Waals surface area contributed by atoms with Crippen molar-refractivity contribution in [2.24, 2.45) is 0 Å². The average molecular weight is 285 g/mol. The number of fused-ring (bicyclic) bond motifs is 1. The van der Waals surface area contributed by atoms with Crippen LogP contribution in [0.1, 0.15) is 42.5 Å². The standard InChI is InChI=1S/C17H19NO3/c19-15-10-14(16(20)13-9-5-4-8-12(13)15)17(21)18-11-6-2-1-3-7-11/h4-5,8-11,19-20H,1-3,6-7H2,(H,18,21). The van der Waals surface area contributed by atoms with Crippen LogP contribution in [0.5, 0.6) is 11.5 Å². The Morgan fingerprint density at radius 2 is 1.71 bits per heavy atom. The van der Waals surface area contributed by atoms with Crippen molar-refractivity contribution in [1.29, 1.82) is 0 Å². The zero-order chi connectivity index (χ0) is 14.8. The Kier molecular flexibility index (Phi) is 3.69. The fraction of sp³-hybridized carbons (Fsp3) is 0.353. The van der Waals surface area contributed by atoms with E-state index in [0.29, 0.717) is 10.8 Å². The summed E-state index contributed by atoms with van der Waals surface area (Å²) in [6, 6.07) is 8.47. The molecular weight excluding hydrogens is 266 g/mol. The fourth-order valence-corrected chi connectivity index (χ4v) is 3.02. The number of aromatic hydroxyl groups is 2. The minimum Gasteiger partial charge on any atom is -0.507 e. The predicted molar refractivity (Wildman–Crippen MR) is 81.6 cm³/mol. The Balaban J connectivity index is 1.92. The first-order chi connectivity index (χ1) is 10.2. The van der Waals surface area contributed by atoms with E-state index >= 15 is 0 Å². The molecule has 0 saturated heterocycles. The van der Waals surface area contributed by atoms with Gasteiger partial charge in [-0.2, -0.15) is 0 Å². The Bertz CT molecular complexity index is 675. The molecule has 1 amide bonds. The molecular formula is C17H19NO3. The molecule has 3 rings (SSSR count). The molecule has 0 spiro atoms. The Labute approximate surface area is 123 Å². The highest BCUT2D eigenvalue weighted by molar-refractivity contribution is 6.05. The molecule has 0 aliphatic heterocycles. The number of phenols is 2. The maximum absolute atomic E-state index is 12.3. The summed E-state index contributed by atoms with van der Waals surface area (Å²) in [6.07, 6.45) is 5.42. The molecule has 4 heteroatoms. The zero-order valence-corrected chi connectivity index (χ0v) is 11.8. The second-order valence-corrected chi connectivity index (χ2v) is 5.65. The van der Waals surface area contributed by atoms with Crippen molar-refractivity contribution >= 4 is 16.7 Å². The van der Waals surface area contributed by atoms with Crippen molar-refractivity contribution in [2.75, 3.05) is 0 Å². The van der Waals surface area contributed by atoms with E-state index in [9.17, 15) is 15.0 Å². The molecule has 0 heterocycles. The summed E-state index contributed by atoms with van der Waals surface area (Å²) >= 11 is 0. The largest absolute Gasteiger partial charge is 0.507 e. The number of hydrogen-bond donors (Lipinski definition) is 3. The Morgan fingerprint density at radius 3 is 2.43 bits per heavy atom. The zero-order valence-electron chi connectivity index (χ0n) is 11.8. The molecule has 0 bridgehead atoms. The van der Waals surface area contributed by atoms with E-state index in [1.54, 1.807) is 24.3 Å². The van der Waals surface area contributed by atoms with Crippen LogP contribution in [0.3, 0.4) is 0 Å². The van der Waals surface area contributed by atoms with Crippen LogP contribution in [0.2, 0.25) is 0 Å². The van der Waals surface area contributed by atoms with Crippen LogP contribution in [-0.2, 0) is 0 Å². The lowest BCUT2D eigenvalue weighted by Crippen LogP contribution is -2.36. The number of benzene rings is 2. The number of carbonyl (C=O) groups is 1. The van der Waals surface area contributed by atoms with Gasteiger partial charge in [0.05, 0.1) is 5.56 Å². The van der Waals surface area contributed by atoms with Gasteiger partial charge in [0.2, 0.25) is 0 Å². The summed E-state index contributed by atoms with van der Waals surface area (Å²) < 4.78 is 0. The Hall–Kier alpha value is -2.23. The van der Waals surface area contributed by atoms with Crippen molar-refractivity contribution in [3.8, 4) is 11.5 Å². The summed E-state index contributed by atoms with van der Waals surface area (Å²) in [5.41, 5.74) is 0.136. The maximum atomic E-state index is 12.3. The normalized spacial score (nSPS) is 16.0. The lowest BCUT2D eigenvalue weighted by molar-refractivity contribution is 0.0925. The molecule has 0 unspecified atom stereocenters. The number of amides is 1. The highest BCUT2D eigenvalue weighted by atomic mass is 16.3. The van der Waals surface area contributed by atoms with Crippen LogP contribution in [0.15, 0.2) is 30.3 Å². The van der Waals surface area contributed by atoms with Crippen LogP contribution in [-0.4, -0.2) is 22.2 Å². The molecule has 21 heavy (non-hydrogen) atoms. The molecule has 0 atom stereocenters. The molecule has 4 nitrogen and oxygen atoms in total. The monoisotopic (exact) mass is 285 g/mol. The van der Waals surface area contributed by atoms with Gasteiger partial charge in [0, 0.05) is 16.8 Å². The van der Waals surface area contributed by atoms with Gasteiger partial charge in [-0.15, -0.1) is 0 Å². The molecule has 1 aliphatic rings. The smallest absolute Gasteiger partial charge is 0.255 e. The first-order valence-corrected chi connectivity index (χ1v) is 7.41. The third kappa shape index (κ3) is 2.66. The number of carbonyl (C=O) groups excluding carboxylic acids is 1. The number of hydrogen-bond acceptors (Lipinski definition) is 3. The van der Waals surface area contributed by atoms with E-state index in [1.807, 2.05) is 0 Å². The van der Waals surface area contributed by atoms with Crippen molar-refractivity contribution in [3.05, 3.63) is 35.9 Å². The number of phenolic OH excluding ortho intramolecular Hbond substituents is 2. The van der Waals surface area contributed by atoms with Crippen LogP contribution in [0.25, 0.3) is 10.8 Å². The van der Waals surface area contributed by atoms with Gasteiger partial charge in [0.25, 0.3) is 5.91 Å². The van der Waals surface area contributed by atoms with Gasteiger partial charge < -0.3 is 15.5 Å². The lowest BCUT2D eigenvalue weighted by atomic mass is 9.95. The summed E-state index contributed by atoms with van der Waals surface area (Å²) in [7, 11) is 0. The summed E-state index contributed by atoms with van der Waals surface area (Å²) in [5, 5.41) is 24.3. The topological polar surface area (TPSA) is 69.6 Å². The second-order valence-electron chi connectivity index (χ2n) is 5.65. The van der Waals surface area contributed by atoms with Gasteiger partial charge in [-0.05, 0) is 18.9 Å². The minimum absolute atomic E-state index is 0.0113. The maximum Gasteiger partial charge on any atom is 0.255 e. The SMILES string of the molecule is O=C(NC1CCCCC1)c1cc(O)c2ccccc2c1O. The summed E-state index contributed by atoms with van der Waals surface area (Å²) in [6.45, 7) is 0. The molecule has 1 saturated carbocycles. The van der Waals surface area contributed by atoms with Gasteiger partial charge >= 0.3 is 0 Å². The van der Waals surface area contributed by atoms with Gasteiger partial charge in [0.15, 0.2) is 0 Å². The van der Waals surface area contributed by atoms with Crippen LogP contribution < -0.4 is 5.32 Å². The van der Waals surface area contributed by atoms with Crippen LogP contribution in [0.4, 0.5) is 0 Å². The van der Waals surface area contributed by atoms with Crippen LogP contribution >= 0.6 is 0 Å². The molecule has 0 aromatic heterocycles. The number of nitrogens with one attached hydrogen (secondary N) is 1. The van der Waals surface area contributed by atoms with Crippen molar-refractivity contribution in [1.82, 2.24) is 5.32 Å². The highest BCUT2D eigenvalue weighted by Crippen LogP contribution is 2.35. The third-order valence-electron chi connectivity index (χ3n) is 4.18. The van der Waals surface area contributed by atoms with Gasteiger partial charge in [-0.1, -0.05) is 43.5 Å². The first-order valence-electron chi connectivity index (χ1n) is 7.41. The molecule has 2 aromatic rings. The van der Waals surface area contributed by atoms with Crippen LogP contribution in [0, 0.1) is 0 Å².